The molecule has 1 N–H and O–H groups in total. The van der Waals surface area contributed by atoms with Crippen molar-refractivity contribution in [3.05, 3.63) is 60.7 Å². The van der Waals surface area contributed by atoms with E-state index in [4.69, 9.17) is 14.2 Å². The summed E-state index contributed by atoms with van der Waals surface area (Å²) in [6.45, 7) is 6.39. The monoisotopic (exact) mass is 327 g/mol. The molecule has 0 aliphatic carbocycles. The second-order valence-electron chi connectivity index (χ2n) is 4.85. The van der Waals surface area contributed by atoms with Gasteiger partial charge in [-0.3, -0.25) is 4.79 Å². The van der Waals surface area contributed by atoms with Gasteiger partial charge in [-0.1, -0.05) is 24.8 Å². The Hall–Kier alpha value is -2.95. The van der Waals surface area contributed by atoms with Gasteiger partial charge in [-0.2, -0.15) is 0 Å². The number of ether oxygens (including phenoxy) is 3. The van der Waals surface area contributed by atoms with Gasteiger partial charge in [0.05, 0.1) is 19.4 Å². The average molecular weight is 327 g/mol. The van der Waals surface area contributed by atoms with E-state index in [1.54, 1.807) is 30.3 Å². The summed E-state index contributed by atoms with van der Waals surface area (Å²) in [5.74, 6) is 1.42. The third kappa shape index (κ3) is 4.29. The Morgan fingerprint density at radius 1 is 1.12 bits per heavy atom. The SMILES string of the molecule is C=CCOc1ccc(C(=O)Nc2ccccc2OCC)cc1OC. The zero-order chi connectivity index (χ0) is 17.4. The molecule has 0 saturated heterocycles. The Kier molecular flexibility index (Phi) is 6.25. The predicted molar refractivity (Wildman–Crippen MR) is 94.3 cm³/mol. The molecule has 0 fully saturated rings. The van der Waals surface area contributed by atoms with Crippen LogP contribution in [0.25, 0.3) is 0 Å². The van der Waals surface area contributed by atoms with E-state index in [1.165, 1.54) is 7.11 Å². The molecule has 2 aromatic rings. The fourth-order valence-corrected chi connectivity index (χ4v) is 2.12. The molecule has 0 radical (unpaired) electrons. The molecule has 2 aromatic carbocycles. The molecule has 0 aliphatic heterocycles. The van der Waals surface area contributed by atoms with Crippen LogP contribution in [0.3, 0.4) is 0 Å². The highest BCUT2D eigenvalue weighted by atomic mass is 16.5. The maximum absolute atomic E-state index is 12.5. The van der Waals surface area contributed by atoms with Crippen LogP contribution in [-0.2, 0) is 0 Å². The molecule has 2 rings (SSSR count). The second-order valence-corrected chi connectivity index (χ2v) is 4.85. The van der Waals surface area contributed by atoms with Gasteiger partial charge in [0.1, 0.15) is 12.4 Å². The van der Waals surface area contributed by atoms with Crippen LogP contribution in [0, 0.1) is 0 Å². The van der Waals surface area contributed by atoms with E-state index in [1.807, 2.05) is 25.1 Å². The summed E-state index contributed by atoms with van der Waals surface area (Å²) >= 11 is 0. The number of para-hydroxylation sites is 2. The quantitative estimate of drug-likeness (QED) is 0.747. The van der Waals surface area contributed by atoms with E-state index in [0.717, 1.165) is 0 Å². The van der Waals surface area contributed by atoms with Gasteiger partial charge in [0, 0.05) is 5.56 Å². The Bertz CT molecular complexity index is 712. The van der Waals surface area contributed by atoms with Gasteiger partial charge in [-0.25, -0.2) is 0 Å². The highest BCUT2D eigenvalue weighted by Crippen LogP contribution is 2.29. The summed E-state index contributed by atoms with van der Waals surface area (Å²) in [4.78, 5) is 12.5. The van der Waals surface area contributed by atoms with Crippen molar-refractivity contribution in [3.8, 4) is 17.2 Å². The van der Waals surface area contributed by atoms with Crippen molar-refractivity contribution in [1.82, 2.24) is 0 Å². The summed E-state index contributed by atoms with van der Waals surface area (Å²) in [5, 5.41) is 2.85. The van der Waals surface area contributed by atoms with Crippen LogP contribution in [0.2, 0.25) is 0 Å². The summed E-state index contributed by atoms with van der Waals surface area (Å²) in [6, 6.07) is 12.3. The van der Waals surface area contributed by atoms with Crippen molar-refractivity contribution in [2.45, 2.75) is 6.92 Å². The average Bonchev–Trinajstić information content (AvgIpc) is 2.61. The normalized spacial score (nSPS) is 9.92. The van der Waals surface area contributed by atoms with E-state index in [-0.39, 0.29) is 5.91 Å². The van der Waals surface area contributed by atoms with Gasteiger partial charge >= 0.3 is 0 Å². The molecule has 5 nitrogen and oxygen atoms in total. The van der Waals surface area contributed by atoms with Crippen molar-refractivity contribution in [2.24, 2.45) is 0 Å². The number of amides is 1. The van der Waals surface area contributed by atoms with Crippen LogP contribution < -0.4 is 19.5 Å². The Morgan fingerprint density at radius 2 is 1.92 bits per heavy atom. The van der Waals surface area contributed by atoms with E-state index >= 15 is 0 Å². The molecule has 0 atom stereocenters. The highest BCUT2D eigenvalue weighted by Gasteiger charge is 2.13. The van der Waals surface area contributed by atoms with Crippen LogP contribution in [-0.4, -0.2) is 26.2 Å². The minimum atomic E-state index is -0.254. The topological polar surface area (TPSA) is 56.8 Å². The molecule has 0 aliphatic rings. The molecule has 24 heavy (non-hydrogen) atoms. The van der Waals surface area contributed by atoms with Crippen LogP contribution in [0.15, 0.2) is 55.1 Å². The summed E-state index contributed by atoms with van der Waals surface area (Å²) < 4.78 is 16.3. The third-order valence-electron chi connectivity index (χ3n) is 3.22. The summed E-state index contributed by atoms with van der Waals surface area (Å²) in [6.07, 6.45) is 1.64. The lowest BCUT2D eigenvalue weighted by Crippen LogP contribution is -2.13. The Morgan fingerprint density at radius 3 is 2.62 bits per heavy atom. The minimum Gasteiger partial charge on any atom is -0.493 e. The van der Waals surface area contributed by atoms with E-state index in [9.17, 15) is 4.79 Å². The molecule has 1 amide bonds. The van der Waals surface area contributed by atoms with E-state index in [0.29, 0.717) is 41.7 Å². The molecular formula is C19H21NO4. The Balaban J connectivity index is 2.19. The van der Waals surface area contributed by atoms with Crippen molar-refractivity contribution in [3.63, 3.8) is 0 Å². The number of benzene rings is 2. The maximum atomic E-state index is 12.5. The number of anilines is 1. The first-order valence-electron chi connectivity index (χ1n) is 7.64. The highest BCUT2D eigenvalue weighted by molar-refractivity contribution is 6.05. The smallest absolute Gasteiger partial charge is 0.255 e. The van der Waals surface area contributed by atoms with Crippen molar-refractivity contribution >= 4 is 11.6 Å². The Labute approximate surface area is 141 Å². The first kappa shape index (κ1) is 17.4. The third-order valence-corrected chi connectivity index (χ3v) is 3.22. The fraction of sp³-hybridized carbons (Fsp3) is 0.211. The van der Waals surface area contributed by atoms with Gasteiger partial charge in [0.25, 0.3) is 5.91 Å². The lowest BCUT2D eigenvalue weighted by Gasteiger charge is -2.13. The largest absolute Gasteiger partial charge is 0.493 e. The van der Waals surface area contributed by atoms with Crippen LogP contribution in [0.1, 0.15) is 17.3 Å². The van der Waals surface area contributed by atoms with Gasteiger partial charge in [0.15, 0.2) is 11.5 Å². The number of carbonyl (C=O) groups is 1. The van der Waals surface area contributed by atoms with Crippen LogP contribution >= 0.6 is 0 Å². The molecule has 0 heterocycles. The van der Waals surface area contributed by atoms with Gasteiger partial charge in [0.2, 0.25) is 0 Å². The lowest BCUT2D eigenvalue weighted by molar-refractivity contribution is 0.102. The maximum Gasteiger partial charge on any atom is 0.255 e. The van der Waals surface area contributed by atoms with Gasteiger partial charge < -0.3 is 19.5 Å². The molecule has 5 heteroatoms. The predicted octanol–water partition coefficient (Wildman–Crippen LogP) is 3.91. The van der Waals surface area contributed by atoms with E-state index < -0.39 is 0 Å². The number of rotatable bonds is 8. The standard InChI is InChI=1S/C19H21NO4/c1-4-12-24-17-11-10-14(13-18(17)22-3)19(21)20-15-8-6-7-9-16(15)23-5-2/h4,6-11,13H,1,5,12H2,2-3H3,(H,20,21). The molecule has 0 unspecified atom stereocenters. The molecule has 126 valence electrons. The van der Waals surface area contributed by atoms with Crippen molar-refractivity contribution in [1.29, 1.82) is 0 Å². The molecular weight excluding hydrogens is 306 g/mol. The lowest BCUT2D eigenvalue weighted by atomic mass is 10.1. The first-order valence-corrected chi connectivity index (χ1v) is 7.64. The zero-order valence-corrected chi connectivity index (χ0v) is 13.9. The van der Waals surface area contributed by atoms with Crippen LogP contribution in [0.5, 0.6) is 17.2 Å². The summed E-state index contributed by atoms with van der Waals surface area (Å²) in [5.41, 5.74) is 1.08. The number of hydrogen-bond acceptors (Lipinski definition) is 4. The zero-order valence-electron chi connectivity index (χ0n) is 13.9. The first-order chi connectivity index (χ1) is 11.7. The molecule has 0 saturated carbocycles. The molecule has 0 spiro atoms. The van der Waals surface area contributed by atoms with Gasteiger partial charge in [-0.05, 0) is 37.3 Å². The fourth-order valence-electron chi connectivity index (χ4n) is 2.12. The number of nitrogens with one attached hydrogen (secondary N) is 1. The number of methoxy groups -OCH3 is 1. The molecule has 0 bridgehead atoms. The van der Waals surface area contributed by atoms with E-state index in [2.05, 4.69) is 11.9 Å². The van der Waals surface area contributed by atoms with Crippen molar-refractivity contribution < 1.29 is 19.0 Å². The minimum absolute atomic E-state index is 0.254. The number of carbonyl (C=O) groups excluding carboxylic acids is 1. The second kappa shape index (κ2) is 8.62. The van der Waals surface area contributed by atoms with Gasteiger partial charge in [-0.15, -0.1) is 0 Å². The molecule has 0 aromatic heterocycles. The number of hydrogen-bond donors (Lipinski definition) is 1. The van der Waals surface area contributed by atoms with Crippen LogP contribution in [0.4, 0.5) is 5.69 Å². The van der Waals surface area contributed by atoms with Crippen molar-refractivity contribution in [2.75, 3.05) is 25.6 Å². The summed E-state index contributed by atoms with van der Waals surface area (Å²) in [7, 11) is 1.53.